The van der Waals surface area contributed by atoms with Crippen LogP contribution in [0, 0.1) is 10.1 Å². The fraction of sp³-hybridized carbons (Fsp3) is 0.207. The number of thiazole rings is 1. The summed E-state index contributed by atoms with van der Waals surface area (Å²) < 4.78 is 18.6. The number of nitro groups is 1. The maximum Gasteiger partial charge on any atom is 0.338 e. The van der Waals surface area contributed by atoms with Crippen LogP contribution in [0.15, 0.2) is 85.0 Å². The van der Waals surface area contributed by atoms with Crippen LogP contribution in [0.3, 0.4) is 0 Å². The number of hydrogen-bond acceptors (Lipinski definition) is 10. The minimum Gasteiger partial charge on any atom is -0.496 e. The molecule has 0 aliphatic carbocycles. The molecule has 0 bridgehead atoms. The van der Waals surface area contributed by atoms with Gasteiger partial charge in [0.1, 0.15) is 17.3 Å². The summed E-state index contributed by atoms with van der Waals surface area (Å²) >= 11 is 2.79. The summed E-state index contributed by atoms with van der Waals surface area (Å²) in [6.07, 6.45) is 3.59. The van der Waals surface area contributed by atoms with E-state index in [9.17, 15) is 19.7 Å². The number of methoxy groups -OCH3 is 1. The zero-order valence-corrected chi connectivity index (χ0v) is 24.2. The zero-order valence-electron chi connectivity index (χ0n) is 22.6. The molecule has 2 aromatic carbocycles. The first-order valence-corrected chi connectivity index (χ1v) is 14.6. The van der Waals surface area contributed by atoms with Gasteiger partial charge in [0.25, 0.3) is 11.2 Å². The molecule has 41 heavy (non-hydrogen) atoms. The average Bonchev–Trinajstić information content (AvgIpc) is 3.56. The highest BCUT2D eigenvalue weighted by Crippen LogP contribution is 2.35. The molecular formula is C29H25N3O7S2. The van der Waals surface area contributed by atoms with Gasteiger partial charge in [-0.15, -0.1) is 11.8 Å². The molecule has 0 fully saturated rings. The van der Waals surface area contributed by atoms with Crippen LogP contribution >= 0.6 is 23.1 Å². The molecule has 5 rings (SSSR count). The number of rotatable bonds is 8. The van der Waals surface area contributed by atoms with E-state index in [1.54, 1.807) is 49.9 Å². The standard InChI is InChI=1S/C29H25N3O7S2/c1-5-38-28(34)25-16(2)30-29-31(26(25)17-6-10-20(40-4)11-7-17)27(33)24(41-29)15-19-9-13-22(39-19)21-12-8-18(32(35)36)14-23(21)37-3/h6-15,26H,5H2,1-4H3/b24-15-. The molecule has 10 nitrogen and oxygen atoms in total. The van der Waals surface area contributed by atoms with Crippen LogP contribution in [0.25, 0.3) is 17.4 Å². The number of nitrogens with zero attached hydrogens (tertiary/aromatic N) is 3. The van der Waals surface area contributed by atoms with Crippen molar-refractivity contribution in [2.45, 2.75) is 24.8 Å². The van der Waals surface area contributed by atoms with Crippen molar-refractivity contribution < 1.29 is 23.6 Å². The fourth-order valence-electron chi connectivity index (χ4n) is 4.59. The Morgan fingerprint density at radius 2 is 1.98 bits per heavy atom. The Hall–Kier alpha value is -4.42. The number of thioether (sulfide) groups is 1. The topological polar surface area (TPSA) is 126 Å². The Balaban J connectivity index is 1.60. The van der Waals surface area contributed by atoms with Crippen LogP contribution in [-0.4, -0.2) is 35.4 Å². The van der Waals surface area contributed by atoms with Crippen LogP contribution in [0.2, 0.25) is 0 Å². The number of ether oxygens (including phenoxy) is 2. The highest BCUT2D eigenvalue weighted by molar-refractivity contribution is 7.98. The lowest BCUT2D eigenvalue weighted by atomic mass is 9.96. The summed E-state index contributed by atoms with van der Waals surface area (Å²) in [6.45, 7) is 3.66. The van der Waals surface area contributed by atoms with Crippen LogP contribution in [-0.2, 0) is 9.53 Å². The second-order valence-corrected chi connectivity index (χ2v) is 10.8. The second kappa shape index (κ2) is 11.6. The van der Waals surface area contributed by atoms with Gasteiger partial charge in [-0.25, -0.2) is 9.79 Å². The Labute approximate surface area is 242 Å². The highest BCUT2D eigenvalue weighted by Gasteiger charge is 2.33. The van der Waals surface area contributed by atoms with Crippen molar-refractivity contribution >= 4 is 40.8 Å². The number of esters is 1. The molecule has 0 saturated heterocycles. The lowest BCUT2D eigenvalue weighted by Crippen LogP contribution is -2.39. The molecule has 0 spiro atoms. The molecule has 3 heterocycles. The number of carbonyl (C=O) groups excluding carboxylic acids is 1. The van der Waals surface area contributed by atoms with Crippen LogP contribution in [0.1, 0.15) is 31.2 Å². The zero-order chi connectivity index (χ0) is 29.3. The molecule has 1 unspecified atom stereocenters. The van der Waals surface area contributed by atoms with E-state index >= 15 is 0 Å². The van der Waals surface area contributed by atoms with E-state index in [0.29, 0.717) is 37.7 Å². The number of furan rings is 1. The van der Waals surface area contributed by atoms with E-state index in [-0.39, 0.29) is 23.6 Å². The first-order chi connectivity index (χ1) is 19.7. The van der Waals surface area contributed by atoms with E-state index < -0.39 is 16.9 Å². The molecule has 0 N–H and O–H groups in total. The predicted molar refractivity (Wildman–Crippen MR) is 156 cm³/mol. The van der Waals surface area contributed by atoms with Crippen molar-refractivity contribution in [1.82, 2.24) is 4.57 Å². The van der Waals surface area contributed by atoms with Gasteiger partial charge < -0.3 is 13.9 Å². The first-order valence-electron chi connectivity index (χ1n) is 12.5. The summed E-state index contributed by atoms with van der Waals surface area (Å²) in [5.41, 5.74) is 1.66. The van der Waals surface area contributed by atoms with Crippen LogP contribution < -0.4 is 19.6 Å². The van der Waals surface area contributed by atoms with E-state index in [1.807, 2.05) is 30.5 Å². The van der Waals surface area contributed by atoms with Crippen molar-refractivity contribution in [3.63, 3.8) is 0 Å². The number of fused-ring (bicyclic) bond motifs is 1. The number of benzene rings is 2. The van der Waals surface area contributed by atoms with Gasteiger partial charge in [0.15, 0.2) is 4.80 Å². The molecule has 0 radical (unpaired) electrons. The molecule has 1 aliphatic heterocycles. The van der Waals surface area contributed by atoms with Gasteiger partial charge in [0.2, 0.25) is 0 Å². The molecule has 12 heteroatoms. The van der Waals surface area contributed by atoms with Gasteiger partial charge in [-0.1, -0.05) is 23.5 Å². The minimum absolute atomic E-state index is 0.103. The van der Waals surface area contributed by atoms with Crippen molar-refractivity contribution in [2.24, 2.45) is 4.99 Å². The molecule has 0 saturated carbocycles. The number of aromatic nitrogens is 1. The molecular weight excluding hydrogens is 566 g/mol. The Kier molecular flexibility index (Phi) is 7.95. The SMILES string of the molecule is CCOC(=O)C1=C(C)N=c2s/c(=C\c3ccc(-c4ccc([N+](=O)[O-])cc4OC)o3)c(=O)n2C1c1ccc(SC)cc1. The minimum atomic E-state index is -0.708. The largest absolute Gasteiger partial charge is 0.496 e. The summed E-state index contributed by atoms with van der Waals surface area (Å²) in [4.78, 5) is 43.6. The quantitative estimate of drug-likeness (QED) is 0.125. The van der Waals surface area contributed by atoms with Crippen LogP contribution in [0.5, 0.6) is 5.75 Å². The van der Waals surface area contributed by atoms with Gasteiger partial charge >= 0.3 is 5.97 Å². The lowest BCUT2D eigenvalue weighted by Gasteiger charge is -2.24. The number of carbonyl (C=O) groups is 1. The summed E-state index contributed by atoms with van der Waals surface area (Å²) in [6, 6.07) is 14.6. The molecule has 0 amide bonds. The third-order valence-corrected chi connectivity index (χ3v) is 8.24. The normalized spacial score (nSPS) is 14.9. The predicted octanol–water partition coefficient (Wildman–Crippen LogP) is 4.70. The van der Waals surface area contributed by atoms with Crippen molar-refractivity contribution in [1.29, 1.82) is 0 Å². The number of hydrogen-bond donors (Lipinski definition) is 0. The fourth-order valence-corrected chi connectivity index (χ4v) is 6.03. The highest BCUT2D eigenvalue weighted by atomic mass is 32.2. The molecule has 210 valence electrons. The second-order valence-electron chi connectivity index (χ2n) is 8.92. The first kappa shape index (κ1) is 28.1. The van der Waals surface area contributed by atoms with Crippen molar-refractivity contribution in [3.05, 3.63) is 107 Å². The maximum atomic E-state index is 13.8. The van der Waals surface area contributed by atoms with E-state index in [2.05, 4.69) is 4.99 Å². The van der Waals surface area contributed by atoms with E-state index in [1.165, 1.54) is 35.1 Å². The Morgan fingerprint density at radius 3 is 2.63 bits per heavy atom. The van der Waals surface area contributed by atoms with Crippen LogP contribution in [0.4, 0.5) is 5.69 Å². The molecule has 2 aromatic heterocycles. The number of non-ortho nitro benzene ring substituents is 1. The molecule has 1 atom stereocenters. The summed E-state index contributed by atoms with van der Waals surface area (Å²) in [7, 11) is 1.42. The average molecular weight is 592 g/mol. The Morgan fingerprint density at radius 1 is 1.22 bits per heavy atom. The van der Waals surface area contributed by atoms with E-state index in [0.717, 1.165) is 10.5 Å². The number of allylic oxidation sites excluding steroid dienone is 1. The maximum absolute atomic E-state index is 13.8. The summed E-state index contributed by atoms with van der Waals surface area (Å²) in [5, 5.41) is 11.1. The third-order valence-electron chi connectivity index (χ3n) is 6.51. The van der Waals surface area contributed by atoms with Crippen molar-refractivity contribution in [3.8, 4) is 17.1 Å². The number of nitro benzene ring substituents is 1. The summed E-state index contributed by atoms with van der Waals surface area (Å²) in [5.74, 6) is 0.583. The molecule has 4 aromatic rings. The van der Waals surface area contributed by atoms with E-state index in [4.69, 9.17) is 13.9 Å². The third kappa shape index (κ3) is 5.35. The van der Waals surface area contributed by atoms with Gasteiger partial charge in [0, 0.05) is 17.0 Å². The lowest BCUT2D eigenvalue weighted by molar-refractivity contribution is -0.384. The van der Waals surface area contributed by atoms with Gasteiger partial charge in [-0.3, -0.25) is 19.5 Å². The molecule has 1 aliphatic rings. The monoisotopic (exact) mass is 591 g/mol. The smallest absolute Gasteiger partial charge is 0.338 e. The Bertz CT molecular complexity index is 1870. The van der Waals surface area contributed by atoms with Crippen molar-refractivity contribution in [2.75, 3.05) is 20.0 Å². The van der Waals surface area contributed by atoms with Gasteiger partial charge in [-0.05, 0) is 56.0 Å². The van der Waals surface area contributed by atoms with Gasteiger partial charge in [0.05, 0.1) is 52.1 Å². The van der Waals surface area contributed by atoms with Gasteiger partial charge in [-0.2, -0.15) is 0 Å².